The number of fused-ring (bicyclic) bond motifs is 1. The van der Waals surface area contributed by atoms with Crippen molar-refractivity contribution in [2.75, 3.05) is 64.6 Å². The fourth-order valence-corrected chi connectivity index (χ4v) is 5.96. The van der Waals surface area contributed by atoms with Gasteiger partial charge in [0.05, 0.1) is 41.4 Å². The third-order valence-electron chi connectivity index (χ3n) is 8.44. The molecule has 246 valence electrons. The normalized spacial score (nSPS) is 14.5. The molecule has 1 aromatic carbocycles. The van der Waals surface area contributed by atoms with Gasteiger partial charge < -0.3 is 29.1 Å². The summed E-state index contributed by atoms with van der Waals surface area (Å²) >= 11 is 0. The van der Waals surface area contributed by atoms with Gasteiger partial charge in [0.25, 0.3) is 5.91 Å². The van der Waals surface area contributed by atoms with Crippen molar-refractivity contribution >= 4 is 28.6 Å². The molecule has 3 aromatic heterocycles. The zero-order valence-electron chi connectivity index (χ0n) is 27.8. The van der Waals surface area contributed by atoms with Crippen LogP contribution in [0.2, 0.25) is 0 Å². The molecule has 0 spiro atoms. The summed E-state index contributed by atoms with van der Waals surface area (Å²) in [5, 5.41) is 13.6. The molecule has 1 saturated heterocycles. The van der Waals surface area contributed by atoms with E-state index in [-0.39, 0.29) is 23.8 Å². The number of benzene rings is 1. The number of hydrogen-bond donors (Lipinski definition) is 2. The molecule has 1 aliphatic rings. The molecule has 4 aromatic rings. The van der Waals surface area contributed by atoms with Crippen LogP contribution in [0.25, 0.3) is 22.3 Å². The summed E-state index contributed by atoms with van der Waals surface area (Å²) in [5.41, 5.74) is 1.96. The second-order valence-electron chi connectivity index (χ2n) is 13.0. The van der Waals surface area contributed by atoms with E-state index in [1.165, 1.54) is 25.6 Å². The molecule has 0 atom stereocenters. The monoisotopic (exact) mass is 632 g/mol. The summed E-state index contributed by atoms with van der Waals surface area (Å²) in [7, 11) is 7.88. The average molecular weight is 633 g/mol. The molecule has 46 heavy (non-hydrogen) atoms. The number of nitrogens with one attached hydrogen (secondary N) is 1. The van der Waals surface area contributed by atoms with Crippen LogP contribution in [0.3, 0.4) is 0 Å². The summed E-state index contributed by atoms with van der Waals surface area (Å²) in [6, 6.07) is 9.59. The maximum atomic E-state index is 15.9. The number of aromatic nitrogens is 4. The lowest BCUT2D eigenvalue weighted by molar-refractivity contribution is 0.0630. The second-order valence-corrected chi connectivity index (χ2v) is 13.0. The van der Waals surface area contributed by atoms with Crippen molar-refractivity contribution in [3.05, 3.63) is 59.8 Å². The highest BCUT2D eigenvalue weighted by molar-refractivity contribution is 6.05. The van der Waals surface area contributed by atoms with Gasteiger partial charge in [-0.25, -0.2) is 14.4 Å². The van der Waals surface area contributed by atoms with Gasteiger partial charge in [0.2, 0.25) is 5.95 Å². The molecule has 11 nitrogen and oxygen atoms in total. The third kappa shape index (κ3) is 7.46. The van der Waals surface area contributed by atoms with Crippen molar-refractivity contribution in [3.63, 3.8) is 0 Å². The first-order valence-corrected chi connectivity index (χ1v) is 15.6. The van der Waals surface area contributed by atoms with E-state index in [2.05, 4.69) is 57.2 Å². The van der Waals surface area contributed by atoms with E-state index in [1.807, 2.05) is 12.1 Å². The summed E-state index contributed by atoms with van der Waals surface area (Å²) < 4.78 is 23.1. The van der Waals surface area contributed by atoms with Crippen LogP contribution in [0.4, 0.5) is 16.0 Å². The molecule has 0 aliphatic carbocycles. The molecule has 0 unspecified atom stereocenters. The first kappa shape index (κ1) is 33.2. The number of carbonyl (C=O) groups is 1. The number of amides is 1. The standard InChI is InChI=1S/C34H45FN8O3/c1-22-18-25(30(35)31(37-22)26-20-36-13-10-29(26)46-7)32(44)39-33-38-27-9-8-24(19-28(27)43(33)21-34(2,3)45)42-14-11-23(12-15-42)41(6)17-16-40(4)5/h8-10,13,18-20,23,45H,11-12,14-17,21H2,1-7H3,(H,38,39,44). The fourth-order valence-electron chi connectivity index (χ4n) is 5.96. The van der Waals surface area contributed by atoms with E-state index in [1.54, 1.807) is 31.4 Å². The fraction of sp³-hybridized carbons (Fsp3) is 0.471. The number of carbonyl (C=O) groups excluding carboxylic acids is 1. The van der Waals surface area contributed by atoms with E-state index < -0.39 is 17.3 Å². The van der Waals surface area contributed by atoms with Crippen molar-refractivity contribution in [1.29, 1.82) is 0 Å². The van der Waals surface area contributed by atoms with Crippen molar-refractivity contribution in [3.8, 4) is 17.0 Å². The van der Waals surface area contributed by atoms with Gasteiger partial charge in [-0.1, -0.05) is 0 Å². The van der Waals surface area contributed by atoms with Gasteiger partial charge in [0, 0.05) is 56.0 Å². The van der Waals surface area contributed by atoms with E-state index in [0.29, 0.717) is 28.6 Å². The smallest absolute Gasteiger partial charge is 0.261 e. The van der Waals surface area contributed by atoms with E-state index in [0.717, 1.165) is 50.2 Å². The molecular weight excluding hydrogens is 587 g/mol. The molecule has 5 rings (SSSR count). The minimum absolute atomic E-state index is 0.0302. The number of aryl methyl sites for hydroxylation is 1. The molecule has 2 N–H and O–H groups in total. The number of ether oxygens (including phenoxy) is 1. The summed E-state index contributed by atoms with van der Waals surface area (Å²) in [5.74, 6) is -0.866. The third-order valence-corrected chi connectivity index (χ3v) is 8.44. The Morgan fingerprint density at radius 1 is 1.13 bits per heavy atom. The number of methoxy groups -OCH3 is 1. The molecule has 0 saturated carbocycles. The highest BCUT2D eigenvalue weighted by atomic mass is 19.1. The Hall–Kier alpha value is -4.13. The average Bonchev–Trinajstić information content (AvgIpc) is 3.35. The van der Waals surface area contributed by atoms with Crippen LogP contribution in [0.5, 0.6) is 5.75 Å². The quantitative estimate of drug-likeness (QED) is 0.248. The number of imidazole rings is 1. The number of likely N-dealkylation sites (N-methyl/N-ethyl adjacent to an activating group) is 2. The molecule has 1 fully saturated rings. The highest BCUT2D eigenvalue weighted by Crippen LogP contribution is 2.32. The minimum Gasteiger partial charge on any atom is -0.496 e. The maximum absolute atomic E-state index is 15.9. The van der Waals surface area contributed by atoms with Crippen molar-refractivity contribution in [1.82, 2.24) is 29.3 Å². The van der Waals surface area contributed by atoms with Crippen LogP contribution >= 0.6 is 0 Å². The van der Waals surface area contributed by atoms with Gasteiger partial charge in [-0.2, -0.15) is 0 Å². The summed E-state index contributed by atoms with van der Waals surface area (Å²) in [6.45, 7) is 9.18. The van der Waals surface area contributed by atoms with Gasteiger partial charge in [-0.3, -0.25) is 15.1 Å². The van der Waals surface area contributed by atoms with Crippen LogP contribution in [0, 0.1) is 12.7 Å². The Balaban J connectivity index is 1.43. The van der Waals surface area contributed by atoms with Gasteiger partial charge >= 0.3 is 0 Å². The Bertz CT molecular complexity index is 1690. The van der Waals surface area contributed by atoms with Crippen molar-refractivity contribution < 1.29 is 19.0 Å². The van der Waals surface area contributed by atoms with Gasteiger partial charge in [-0.05, 0) is 85.1 Å². The number of hydrogen-bond acceptors (Lipinski definition) is 9. The van der Waals surface area contributed by atoms with Crippen molar-refractivity contribution in [2.24, 2.45) is 0 Å². The molecule has 1 aliphatic heterocycles. The Morgan fingerprint density at radius 3 is 2.54 bits per heavy atom. The summed E-state index contributed by atoms with van der Waals surface area (Å²) in [4.78, 5) is 33.8. The predicted molar refractivity (Wildman–Crippen MR) is 179 cm³/mol. The zero-order chi connectivity index (χ0) is 33.2. The van der Waals surface area contributed by atoms with Crippen LogP contribution < -0.4 is 15.0 Å². The van der Waals surface area contributed by atoms with Gasteiger partial charge in [0.1, 0.15) is 11.4 Å². The predicted octanol–water partition coefficient (Wildman–Crippen LogP) is 4.43. The number of nitrogens with zero attached hydrogens (tertiary/aromatic N) is 7. The van der Waals surface area contributed by atoms with E-state index in [4.69, 9.17) is 9.72 Å². The molecule has 0 bridgehead atoms. The highest BCUT2D eigenvalue weighted by Gasteiger charge is 2.26. The molecule has 0 radical (unpaired) electrons. The number of rotatable bonds is 11. The van der Waals surface area contributed by atoms with E-state index >= 15 is 4.39 Å². The Morgan fingerprint density at radius 2 is 1.87 bits per heavy atom. The molecule has 12 heteroatoms. The van der Waals surface area contributed by atoms with E-state index in [9.17, 15) is 9.90 Å². The second kappa shape index (κ2) is 13.7. The molecular formula is C34H45FN8O3. The molecule has 4 heterocycles. The Kier molecular flexibility index (Phi) is 9.90. The first-order chi connectivity index (χ1) is 21.8. The van der Waals surface area contributed by atoms with Crippen molar-refractivity contribution in [2.45, 2.75) is 51.8 Å². The SMILES string of the molecule is COc1ccncc1-c1nc(C)cc(C(=O)Nc2nc3ccc(N4CCC(N(C)CCN(C)C)CC4)cc3n2CC(C)(C)O)c1F. The summed E-state index contributed by atoms with van der Waals surface area (Å²) in [6.07, 6.45) is 5.13. The maximum Gasteiger partial charge on any atom is 0.261 e. The molecule has 1 amide bonds. The number of aliphatic hydroxyl groups is 1. The van der Waals surface area contributed by atoms with Crippen LogP contribution in [0.15, 0.2) is 42.7 Å². The minimum atomic E-state index is -1.11. The van der Waals surface area contributed by atoms with Crippen LogP contribution in [-0.4, -0.2) is 106 Å². The largest absolute Gasteiger partial charge is 0.496 e. The number of pyridine rings is 2. The van der Waals surface area contributed by atoms with Crippen LogP contribution in [0.1, 0.15) is 42.7 Å². The van der Waals surface area contributed by atoms with Gasteiger partial charge in [0.15, 0.2) is 5.82 Å². The number of piperidine rings is 1. The topological polar surface area (TPSA) is 112 Å². The number of halogens is 1. The lowest BCUT2D eigenvalue weighted by atomic mass is 10.0. The number of anilines is 2. The Labute approximate surface area is 270 Å². The zero-order valence-corrected chi connectivity index (χ0v) is 27.8. The first-order valence-electron chi connectivity index (χ1n) is 15.6. The lowest BCUT2D eigenvalue weighted by Gasteiger charge is -2.38. The lowest BCUT2D eigenvalue weighted by Crippen LogP contribution is -2.45. The van der Waals surface area contributed by atoms with Crippen LogP contribution in [-0.2, 0) is 6.54 Å². The van der Waals surface area contributed by atoms with Gasteiger partial charge in [-0.15, -0.1) is 0 Å².